The first-order valence-electron chi connectivity index (χ1n) is 3.89. The number of rotatable bonds is 2. The van der Waals surface area contributed by atoms with Crippen molar-refractivity contribution >= 4 is 0 Å². The maximum absolute atomic E-state index is 12.9. The van der Waals surface area contributed by atoms with Crippen LogP contribution in [-0.2, 0) is 0 Å². The minimum Gasteiger partial charge on any atom is -0.388 e. The van der Waals surface area contributed by atoms with Crippen LogP contribution >= 0.6 is 0 Å². The SMILES string of the molecule is CC[C@@H](O)c1ccc(F)c(F)c1F. The molecule has 1 atom stereocenters. The second kappa shape index (κ2) is 3.79. The van der Waals surface area contributed by atoms with Crippen LogP contribution in [0.1, 0.15) is 25.0 Å². The Bertz CT molecular complexity index is 312. The first-order valence-corrected chi connectivity index (χ1v) is 3.89. The summed E-state index contributed by atoms with van der Waals surface area (Å²) in [6.45, 7) is 1.62. The van der Waals surface area contributed by atoms with Gasteiger partial charge in [0.1, 0.15) is 0 Å². The molecule has 0 aliphatic rings. The van der Waals surface area contributed by atoms with Crippen molar-refractivity contribution in [3.05, 3.63) is 35.1 Å². The molecule has 72 valence electrons. The molecule has 0 aliphatic carbocycles. The molecule has 1 rings (SSSR count). The summed E-state index contributed by atoms with van der Waals surface area (Å²) in [6.07, 6.45) is -0.836. The van der Waals surface area contributed by atoms with E-state index in [2.05, 4.69) is 0 Å². The van der Waals surface area contributed by atoms with Gasteiger partial charge in [-0.3, -0.25) is 0 Å². The summed E-state index contributed by atoms with van der Waals surface area (Å²) in [7, 11) is 0. The third-order valence-corrected chi connectivity index (χ3v) is 1.81. The molecule has 1 nitrogen and oxygen atoms in total. The molecule has 0 heterocycles. The predicted molar refractivity (Wildman–Crippen MR) is 41.6 cm³/mol. The van der Waals surface area contributed by atoms with Gasteiger partial charge in [-0.25, -0.2) is 13.2 Å². The first-order chi connectivity index (χ1) is 6.07. The van der Waals surface area contributed by atoms with E-state index in [-0.39, 0.29) is 12.0 Å². The standard InChI is InChI=1S/C9H9F3O/c1-2-7(13)5-3-4-6(10)9(12)8(5)11/h3-4,7,13H,2H2,1H3/t7-/m1/s1. The van der Waals surface area contributed by atoms with E-state index in [1.807, 2.05) is 0 Å². The molecule has 0 bridgehead atoms. The molecule has 1 aromatic carbocycles. The molecule has 0 aromatic heterocycles. The zero-order valence-electron chi connectivity index (χ0n) is 7.02. The van der Waals surface area contributed by atoms with E-state index in [9.17, 15) is 18.3 Å². The fourth-order valence-electron chi connectivity index (χ4n) is 1.02. The van der Waals surface area contributed by atoms with Crippen molar-refractivity contribution in [2.45, 2.75) is 19.4 Å². The molecule has 0 saturated heterocycles. The van der Waals surface area contributed by atoms with Crippen LogP contribution in [0.15, 0.2) is 12.1 Å². The van der Waals surface area contributed by atoms with Gasteiger partial charge >= 0.3 is 0 Å². The maximum Gasteiger partial charge on any atom is 0.194 e. The Morgan fingerprint density at radius 1 is 1.23 bits per heavy atom. The molecule has 13 heavy (non-hydrogen) atoms. The van der Waals surface area contributed by atoms with Gasteiger partial charge in [0.25, 0.3) is 0 Å². The summed E-state index contributed by atoms with van der Waals surface area (Å²) < 4.78 is 38.0. The molecular formula is C9H9F3O. The lowest BCUT2D eigenvalue weighted by Crippen LogP contribution is -2.02. The van der Waals surface area contributed by atoms with Crippen LogP contribution < -0.4 is 0 Å². The second-order valence-electron chi connectivity index (χ2n) is 2.69. The molecule has 0 saturated carbocycles. The first kappa shape index (κ1) is 10.1. The number of hydrogen-bond acceptors (Lipinski definition) is 1. The Balaban J connectivity index is 3.18. The van der Waals surface area contributed by atoms with Gasteiger partial charge in [0.15, 0.2) is 17.5 Å². The Morgan fingerprint density at radius 2 is 1.85 bits per heavy atom. The van der Waals surface area contributed by atoms with E-state index in [1.165, 1.54) is 0 Å². The van der Waals surface area contributed by atoms with E-state index in [1.54, 1.807) is 6.92 Å². The summed E-state index contributed by atoms with van der Waals surface area (Å²) in [5.41, 5.74) is -0.207. The third-order valence-electron chi connectivity index (χ3n) is 1.81. The van der Waals surface area contributed by atoms with Crippen molar-refractivity contribution in [2.24, 2.45) is 0 Å². The highest BCUT2D eigenvalue weighted by atomic mass is 19.2. The lowest BCUT2D eigenvalue weighted by atomic mass is 10.1. The lowest BCUT2D eigenvalue weighted by Gasteiger charge is -2.09. The minimum absolute atomic E-state index is 0.207. The van der Waals surface area contributed by atoms with E-state index < -0.39 is 23.6 Å². The zero-order chi connectivity index (χ0) is 10.0. The molecule has 0 amide bonds. The van der Waals surface area contributed by atoms with Crippen LogP contribution in [-0.4, -0.2) is 5.11 Å². The van der Waals surface area contributed by atoms with Crippen molar-refractivity contribution < 1.29 is 18.3 Å². The fraction of sp³-hybridized carbons (Fsp3) is 0.333. The highest BCUT2D eigenvalue weighted by Gasteiger charge is 2.17. The normalized spacial score (nSPS) is 13.0. The van der Waals surface area contributed by atoms with Gasteiger partial charge < -0.3 is 5.11 Å². The van der Waals surface area contributed by atoms with E-state index in [0.717, 1.165) is 12.1 Å². The molecule has 0 aliphatic heterocycles. The predicted octanol–water partition coefficient (Wildman–Crippen LogP) is 2.55. The number of aliphatic hydroxyl groups excluding tert-OH is 1. The van der Waals surface area contributed by atoms with Gasteiger partial charge in [-0.05, 0) is 12.5 Å². The number of aliphatic hydroxyl groups is 1. The summed E-state index contributed by atoms with van der Waals surface area (Å²) >= 11 is 0. The van der Waals surface area contributed by atoms with Crippen molar-refractivity contribution in [1.82, 2.24) is 0 Å². The van der Waals surface area contributed by atoms with Crippen LogP contribution in [0, 0.1) is 17.5 Å². The highest BCUT2D eigenvalue weighted by Crippen LogP contribution is 2.22. The van der Waals surface area contributed by atoms with Crippen LogP contribution in [0.25, 0.3) is 0 Å². The summed E-state index contributed by atoms with van der Waals surface area (Å²) in [5.74, 6) is -4.09. The monoisotopic (exact) mass is 190 g/mol. The topological polar surface area (TPSA) is 20.2 Å². The largest absolute Gasteiger partial charge is 0.388 e. The molecule has 0 fully saturated rings. The summed E-state index contributed by atoms with van der Waals surface area (Å²) in [4.78, 5) is 0. The minimum atomic E-state index is -1.54. The van der Waals surface area contributed by atoms with E-state index in [0.29, 0.717) is 0 Å². The summed E-state index contributed by atoms with van der Waals surface area (Å²) in [5, 5.41) is 9.20. The third kappa shape index (κ3) is 1.83. The number of halogens is 3. The fourth-order valence-corrected chi connectivity index (χ4v) is 1.02. The molecule has 1 aromatic rings. The van der Waals surface area contributed by atoms with Gasteiger partial charge in [0.2, 0.25) is 0 Å². The number of benzene rings is 1. The van der Waals surface area contributed by atoms with Crippen molar-refractivity contribution in [2.75, 3.05) is 0 Å². The number of hydrogen-bond donors (Lipinski definition) is 1. The average molecular weight is 190 g/mol. The molecule has 4 heteroatoms. The van der Waals surface area contributed by atoms with E-state index in [4.69, 9.17) is 0 Å². The Labute approximate surface area is 73.8 Å². The van der Waals surface area contributed by atoms with Crippen molar-refractivity contribution in [3.8, 4) is 0 Å². The summed E-state index contributed by atoms with van der Waals surface area (Å²) in [6, 6.07) is 1.84. The van der Waals surface area contributed by atoms with Crippen LogP contribution in [0.5, 0.6) is 0 Å². The zero-order valence-corrected chi connectivity index (χ0v) is 7.02. The lowest BCUT2D eigenvalue weighted by molar-refractivity contribution is 0.167. The quantitative estimate of drug-likeness (QED) is 0.710. The molecule has 1 N–H and O–H groups in total. The maximum atomic E-state index is 12.9. The second-order valence-corrected chi connectivity index (χ2v) is 2.69. The average Bonchev–Trinajstić information content (AvgIpc) is 2.13. The van der Waals surface area contributed by atoms with Crippen LogP contribution in [0.4, 0.5) is 13.2 Å². The van der Waals surface area contributed by atoms with E-state index >= 15 is 0 Å². The van der Waals surface area contributed by atoms with Gasteiger partial charge in [-0.1, -0.05) is 13.0 Å². The molecule has 0 radical (unpaired) electrons. The Kier molecular flexibility index (Phi) is 2.93. The van der Waals surface area contributed by atoms with Gasteiger partial charge in [-0.2, -0.15) is 0 Å². The smallest absolute Gasteiger partial charge is 0.194 e. The van der Waals surface area contributed by atoms with Crippen molar-refractivity contribution in [1.29, 1.82) is 0 Å². The Hall–Kier alpha value is -1.03. The van der Waals surface area contributed by atoms with Crippen LogP contribution in [0.3, 0.4) is 0 Å². The molecular weight excluding hydrogens is 181 g/mol. The van der Waals surface area contributed by atoms with Gasteiger partial charge in [0.05, 0.1) is 6.10 Å². The van der Waals surface area contributed by atoms with Crippen molar-refractivity contribution in [3.63, 3.8) is 0 Å². The molecule has 0 unspecified atom stereocenters. The van der Waals surface area contributed by atoms with Crippen LogP contribution in [0.2, 0.25) is 0 Å². The molecule has 0 spiro atoms. The van der Waals surface area contributed by atoms with Gasteiger partial charge in [0, 0.05) is 5.56 Å². The van der Waals surface area contributed by atoms with Gasteiger partial charge in [-0.15, -0.1) is 0 Å². The Morgan fingerprint density at radius 3 is 2.38 bits per heavy atom. The highest BCUT2D eigenvalue weighted by molar-refractivity contribution is 5.22.